The average molecular weight is 361 g/mol. The predicted molar refractivity (Wildman–Crippen MR) is 97.0 cm³/mol. The molecule has 0 unspecified atom stereocenters. The lowest BCUT2D eigenvalue weighted by Crippen LogP contribution is -2.12. The first-order chi connectivity index (χ1) is 11.5. The maximum Gasteiger partial charge on any atom is 0.259 e. The van der Waals surface area contributed by atoms with Crippen LogP contribution in [0, 0.1) is 20.8 Å². The minimum absolute atomic E-state index is 0.00547. The van der Waals surface area contributed by atoms with Crippen LogP contribution in [0.2, 0.25) is 0 Å². The molecule has 0 amide bonds. The van der Waals surface area contributed by atoms with E-state index in [2.05, 4.69) is 19.7 Å². The van der Waals surface area contributed by atoms with E-state index >= 15 is 0 Å². The highest BCUT2D eigenvalue weighted by atomic mass is 32.2. The molecule has 3 aromatic rings. The second-order valence-corrected chi connectivity index (χ2v) is 8.82. The summed E-state index contributed by atoms with van der Waals surface area (Å²) >= 11 is 3.18. The van der Waals surface area contributed by atoms with Crippen LogP contribution in [0.4, 0.5) is 0 Å². The van der Waals surface area contributed by atoms with Gasteiger partial charge in [-0.15, -0.1) is 21.5 Å². The van der Waals surface area contributed by atoms with Crippen molar-refractivity contribution in [1.82, 2.24) is 24.7 Å². The van der Waals surface area contributed by atoms with E-state index in [1.54, 1.807) is 23.1 Å². The molecule has 8 heteroatoms. The van der Waals surface area contributed by atoms with Crippen molar-refractivity contribution in [2.75, 3.05) is 0 Å². The number of rotatable bonds is 4. The van der Waals surface area contributed by atoms with E-state index in [-0.39, 0.29) is 10.8 Å². The summed E-state index contributed by atoms with van der Waals surface area (Å²) in [4.78, 5) is 22.1. The normalized spacial score (nSPS) is 16.0. The van der Waals surface area contributed by atoms with Crippen LogP contribution in [-0.4, -0.2) is 24.7 Å². The Bertz CT molecular complexity index is 982. The highest BCUT2D eigenvalue weighted by Crippen LogP contribution is 2.41. The van der Waals surface area contributed by atoms with E-state index in [0.29, 0.717) is 11.9 Å². The van der Waals surface area contributed by atoms with Crippen molar-refractivity contribution < 1.29 is 0 Å². The lowest BCUT2D eigenvalue weighted by Gasteiger charge is -2.11. The van der Waals surface area contributed by atoms with Crippen LogP contribution in [-0.2, 0) is 0 Å². The van der Waals surface area contributed by atoms with Crippen molar-refractivity contribution in [3.63, 3.8) is 0 Å². The second kappa shape index (κ2) is 5.70. The number of hydrogen-bond acceptors (Lipinski definition) is 6. The SMILES string of the molecule is Cc1sc2nc([C@H](C)Sc3nnc(C)n3C3CC3)[nH]c(=O)c2c1C. The molecule has 1 atom stereocenters. The third-order valence-corrected chi connectivity index (χ3v) is 6.64. The zero-order valence-corrected chi connectivity index (χ0v) is 15.7. The van der Waals surface area contributed by atoms with E-state index in [9.17, 15) is 4.79 Å². The molecule has 4 rings (SSSR count). The number of aromatic nitrogens is 5. The van der Waals surface area contributed by atoms with Gasteiger partial charge in [0.15, 0.2) is 5.16 Å². The maximum atomic E-state index is 12.4. The van der Waals surface area contributed by atoms with Gasteiger partial charge in [0.1, 0.15) is 16.5 Å². The molecular formula is C16H19N5OS2. The van der Waals surface area contributed by atoms with Gasteiger partial charge in [0.05, 0.1) is 10.6 Å². The number of H-pyrrole nitrogens is 1. The summed E-state index contributed by atoms with van der Waals surface area (Å²) < 4.78 is 2.21. The van der Waals surface area contributed by atoms with Crippen molar-refractivity contribution in [3.05, 3.63) is 32.4 Å². The smallest absolute Gasteiger partial charge is 0.259 e. The Labute approximate surface area is 147 Å². The van der Waals surface area contributed by atoms with Gasteiger partial charge in [-0.1, -0.05) is 11.8 Å². The number of aromatic amines is 1. The van der Waals surface area contributed by atoms with Gasteiger partial charge in [0.2, 0.25) is 0 Å². The first kappa shape index (κ1) is 15.8. The van der Waals surface area contributed by atoms with Crippen LogP contribution in [0.3, 0.4) is 0 Å². The number of nitrogens with one attached hydrogen (secondary N) is 1. The van der Waals surface area contributed by atoms with Crippen molar-refractivity contribution >= 4 is 33.3 Å². The number of nitrogens with zero attached hydrogens (tertiary/aromatic N) is 4. The molecule has 0 saturated heterocycles. The van der Waals surface area contributed by atoms with Crippen LogP contribution in [0.25, 0.3) is 10.2 Å². The van der Waals surface area contributed by atoms with Crippen LogP contribution in [0.5, 0.6) is 0 Å². The minimum atomic E-state index is -0.0517. The van der Waals surface area contributed by atoms with Gasteiger partial charge >= 0.3 is 0 Å². The number of aryl methyl sites for hydroxylation is 3. The molecule has 6 nitrogen and oxygen atoms in total. The van der Waals surface area contributed by atoms with Crippen LogP contribution in [0.15, 0.2) is 9.95 Å². The molecule has 1 fully saturated rings. The molecule has 0 aromatic carbocycles. The Kier molecular flexibility index (Phi) is 3.76. The minimum Gasteiger partial charge on any atom is -0.309 e. The highest BCUT2D eigenvalue weighted by Gasteiger charge is 2.29. The molecule has 1 saturated carbocycles. The Morgan fingerprint density at radius 1 is 1.29 bits per heavy atom. The number of hydrogen-bond donors (Lipinski definition) is 1. The molecule has 0 bridgehead atoms. The van der Waals surface area contributed by atoms with Crippen LogP contribution < -0.4 is 5.56 Å². The quantitative estimate of drug-likeness (QED) is 0.717. The third-order valence-electron chi connectivity index (χ3n) is 4.47. The fourth-order valence-corrected chi connectivity index (χ4v) is 4.92. The molecule has 24 heavy (non-hydrogen) atoms. The molecule has 0 spiro atoms. The van der Waals surface area contributed by atoms with Crippen molar-refractivity contribution in [2.24, 2.45) is 0 Å². The standard InChI is InChI=1S/C16H19N5OS2/c1-7-8(2)23-15-12(7)14(22)17-13(18-15)9(3)24-16-20-19-10(4)21(16)11-5-6-11/h9,11H,5-6H2,1-4H3,(H,17,18,22)/t9-/m0/s1. The maximum absolute atomic E-state index is 12.4. The molecule has 3 heterocycles. The second-order valence-electron chi connectivity index (χ2n) is 6.31. The van der Waals surface area contributed by atoms with Crippen molar-refractivity contribution in [2.45, 2.75) is 57.0 Å². The molecule has 0 radical (unpaired) electrons. The Morgan fingerprint density at radius 2 is 2.04 bits per heavy atom. The van der Waals surface area contributed by atoms with Gasteiger partial charge in [0.25, 0.3) is 5.56 Å². The first-order valence-corrected chi connectivity index (χ1v) is 9.73. The monoisotopic (exact) mass is 361 g/mol. The Hall–Kier alpha value is -1.67. The zero-order chi connectivity index (χ0) is 17.0. The fraction of sp³-hybridized carbons (Fsp3) is 0.500. The van der Waals surface area contributed by atoms with E-state index in [1.165, 1.54) is 12.8 Å². The summed E-state index contributed by atoms with van der Waals surface area (Å²) in [5.74, 6) is 1.65. The third kappa shape index (κ3) is 2.57. The topological polar surface area (TPSA) is 76.5 Å². The van der Waals surface area contributed by atoms with E-state index in [4.69, 9.17) is 4.98 Å². The Balaban J connectivity index is 1.69. The van der Waals surface area contributed by atoms with Gasteiger partial charge in [-0.2, -0.15) is 0 Å². The molecule has 1 aliphatic carbocycles. The lowest BCUT2D eigenvalue weighted by atomic mass is 10.2. The predicted octanol–water partition coefficient (Wildman–Crippen LogP) is 3.69. The largest absolute Gasteiger partial charge is 0.309 e. The van der Waals surface area contributed by atoms with E-state index < -0.39 is 0 Å². The van der Waals surface area contributed by atoms with Crippen molar-refractivity contribution in [1.29, 1.82) is 0 Å². The molecule has 1 aliphatic rings. The number of fused-ring (bicyclic) bond motifs is 1. The molecule has 126 valence electrons. The summed E-state index contributed by atoms with van der Waals surface area (Å²) in [6.07, 6.45) is 2.38. The van der Waals surface area contributed by atoms with Crippen LogP contribution in [0.1, 0.15) is 53.1 Å². The van der Waals surface area contributed by atoms with E-state index in [1.807, 2.05) is 27.7 Å². The molecule has 3 aromatic heterocycles. The molecule has 1 N–H and O–H groups in total. The van der Waals surface area contributed by atoms with Crippen LogP contribution >= 0.6 is 23.1 Å². The summed E-state index contributed by atoms with van der Waals surface area (Å²) in [6.45, 7) is 8.04. The van der Waals surface area contributed by atoms with Gasteiger partial charge in [0, 0.05) is 10.9 Å². The van der Waals surface area contributed by atoms with E-state index in [0.717, 1.165) is 31.6 Å². The van der Waals surface area contributed by atoms with Crippen molar-refractivity contribution in [3.8, 4) is 0 Å². The fourth-order valence-electron chi connectivity index (χ4n) is 2.86. The number of thiophene rings is 1. The average Bonchev–Trinajstić information content (AvgIpc) is 3.24. The zero-order valence-electron chi connectivity index (χ0n) is 14.1. The van der Waals surface area contributed by atoms with Gasteiger partial charge in [-0.25, -0.2) is 4.98 Å². The summed E-state index contributed by atoms with van der Waals surface area (Å²) in [5, 5.41) is 10.1. The molecular weight excluding hydrogens is 342 g/mol. The Morgan fingerprint density at radius 3 is 2.75 bits per heavy atom. The lowest BCUT2D eigenvalue weighted by molar-refractivity contribution is 0.642. The first-order valence-electron chi connectivity index (χ1n) is 8.03. The van der Waals surface area contributed by atoms with Gasteiger partial charge < -0.3 is 9.55 Å². The summed E-state index contributed by atoms with van der Waals surface area (Å²) in [6, 6.07) is 0.534. The van der Waals surface area contributed by atoms with Gasteiger partial charge in [-0.3, -0.25) is 4.79 Å². The van der Waals surface area contributed by atoms with Gasteiger partial charge in [-0.05, 0) is 46.1 Å². The summed E-state index contributed by atoms with van der Waals surface area (Å²) in [7, 11) is 0. The number of thioether (sulfide) groups is 1. The molecule has 0 aliphatic heterocycles. The highest BCUT2D eigenvalue weighted by molar-refractivity contribution is 7.99. The summed E-state index contributed by atoms with van der Waals surface area (Å²) in [5.41, 5.74) is 0.976.